The SMILES string of the molecule is CC(C)(C(=O)O)c1csc(NCCNS(C)(=O)=O)n1. The van der Waals surface area contributed by atoms with Crippen LogP contribution in [-0.4, -0.2) is 43.8 Å². The second kappa shape index (κ2) is 5.85. The van der Waals surface area contributed by atoms with Gasteiger partial charge in [0.25, 0.3) is 0 Å². The third-order valence-electron chi connectivity index (χ3n) is 2.44. The van der Waals surface area contributed by atoms with Crippen LogP contribution in [-0.2, 0) is 20.2 Å². The van der Waals surface area contributed by atoms with Crippen molar-refractivity contribution < 1.29 is 18.3 Å². The van der Waals surface area contributed by atoms with E-state index in [2.05, 4.69) is 15.0 Å². The highest BCUT2D eigenvalue weighted by molar-refractivity contribution is 7.88. The first-order valence-corrected chi connectivity index (χ1v) is 8.28. The Morgan fingerprint density at radius 2 is 2.11 bits per heavy atom. The monoisotopic (exact) mass is 307 g/mol. The molecule has 1 aromatic heterocycles. The molecule has 0 radical (unpaired) electrons. The molecule has 0 unspecified atom stereocenters. The van der Waals surface area contributed by atoms with Crippen molar-refractivity contribution in [2.24, 2.45) is 0 Å². The van der Waals surface area contributed by atoms with Gasteiger partial charge in [-0.05, 0) is 13.8 Å². The van der Waals surface area contributed by atoms with E-state index in [1.165, 1.54) is 11.3 Å². The fourth-order valence-corrected chi connectivity index (χ4v) is 2.54. The van der Waals surface area contributed by atoms with E-state index < -0.39 is 21.4 Å². The van der Waals surface area contributed by atoms with Crippen LogP contribution in [0, 0.1) is 0 Å². The third kappa shape index (κ3) is 4.77. The molecule has 0 atom stereocenters. The van der Waals surface area contributed by atoms with Gasteiger partial charge in [0.05, 0.1) is 11.9 Å². The Hall–Kier alpha value is -1.19. The number of carboxylic acids is 1. The molecular formula is C10H17N3O4S2. The molecule has 108 valence electrons. The van der Waals surface area contributed by atoms with Gasteiger partial charge in [-0.15, -0.1) is 11.3 Å². The number of nitrogens with zero attached hydrogens (tertiary/aromatic N) is 1. The summed E-state index contributed by atoms with van der Waals surface area (Å²) in [6, 6.07) is 0. The predicted octanol–water partition coefficient (Wildman–Crippen LogP) is 0.466. The average Bonchev–Trinajstić information content (AvgIpc) is 2.72. The number of aliphatic carboxylic acids is 1. The van der Waals surface area contributed by atoms with Crippen LogP contribution in [0.15, 0.2) is 5.38 Å². The average molecular weight is 307 g/mol. The third-order valence-corrected chi connectivity index (χ3v) is 3.97. The van der Waals surface area contributed by atoms with Gasteiger partial charge in [-0.3, -0.25) is 4.79 Å². The molecular weight excluding hydrogens is 290 g/mol. The van der Waals surface area contributed by atoms with Crippen LogP contribution in [0.2, 0.25) is 0 Å². The molecule has 1 rings (SSSR count). The van der Waals surface area contributed by atoms with Gasteiger partial charge in [-0.2, -0.15) is 0 Å². The van der Waals surface area contributed by atoms with Crippen LogP contribution >= 0.6 is 11.3 Å². The Bertz CT molecular complexity index is 551. The largest absolute Gasteiger partial charge is 0.481 e. The predicted molar refractivity (Wildman–Crippen MR) is 74.1 cm³/mol. The molecule has 0 saturated heterocycles. The van der Waals surface area contributed by atoms with E-state index >= 15 is 0 Å². The van der Waals surface area contributed by atoms with Gasteiger partial charge in [0.1, 0.15) is 5.41 Å². The van der Waals surface area contributed by atoms with Crippen LogP contribution in [0.3, 0.4) is 0 Å². The van der Waals surface area contributed by atoms with E-state index in [1.807, 2.05) is 0 Å². The van der Waals surface area contributed by atoms with Crippen LogP contribution in [0.1, 0.15) is 19.5 Å². The van der Waals surface area contributed by atoms with Crippen molar-refractivity contribution in [2.45, 2.75) is 19.3 Å². The van der Waals surface area contributed by atoms with Crippen LogP contribution in [0.4, 0.5) is 5.13 Å². The lowest BCUT2D eigenvalue weighted by molar-refractivity contribution is -0.142. The number of hydrogen-bond donors (Lipinski definition) is 3. The Kier molecular flexibility index (Phi) is 4.88. The molecule has 0 aliphatic carbocycles. The molecule has 7 nitrogen and oxygen atoms in total. The zero-order valence-electron chi connectivity index (χ0n) is 10.9. The summed E-state index contributed by atoms with van der Waals surface area (Å²) >= 11 is 1.29. The summed E-state index contributed by atoms with van der Waals surface area (Å²) in [5, 5.41) is 14.3. The Morgan fingerprint density at radius 3 is 2.63 bits per heavy atom. The van der Waals surface area contributed by atoms with E-state index in [4.69, 9.17) is 5.11 Å². The number of carbonyl (C=O) groups is 1. The molecule has 0 aliphatic rings. The second-order valence-electron chi connectivity index (χ2n) is 4.56. The van der Waals surface area contributed by atoms with Crippen molar-refractivity contribution in [1.82, 2.24) is 9.71 Å². The van der Waals surface area contributed by atoms with Gasteiger partial charge >= 0.3 is 5.97 Å². The number of rotatable bonds is 7. The van der Waals surface area contributed by atoms with Gasteiger partial charge in [0, 0.05) is 18.5 Å². The molecule has 19 heavy (non-hydrogen) atoms. The molecule has 3 N–H and O–H groups in total. The molecule has 0 amide bonds. The fraction of sp³-hybridized carbons (Fsp3) is 0.600. The topological polar surface area (TPSA) is 108 Å². The maximum Gasteiger partial charge on any atom is 0.315 e. The molecule has 0 fully saturated rings. The van der Waals surface area contributed by atoms with Crippen molar-refractivity contribution in [3.63, 3.8) is 0 Å². The Labute approximate surface area is 116 Å². The van der Waals surface area contributed by atoms with Gasteiger partial charge < -0.3 is 10.4 Å². The van der Waals surface area contributed by atoms with Crippen LogP contribution in [0.5, 0.6) is 0 Å². The zero-order valence-corrected chi connectivity index (χ0v) is 12.6. The lowest BCUT2D eigenvalue weighted by atomic mass is 9.90. The number of anilines is 1. The minimum Gasteiger partial charge on any atom is -0.481 e. The highest BCUT2D eigenvalue weighted by Crippen LogP contribution is 2.27. The second-order valence-corrected chi connectivity index (χ2v) is 7.25. The zero-order chi connectivity index (χ0) is 14.7. The highest BCUT2D eigenvalue weighted by atomic mass is 32.2. The molecule has 0 spiro atoms. The number of sulfonamides is 1. The minimum absolute atomic E-state index is 0.246. The Morgan fingerprint density at radius 1 is 1.47 bits per heavy atom. The molecule has 0 aromatic carbocycles. The van der Waals surface area contributed by atoms with Gasteiger partial charge in [0.2, 0.25) is 10.0 Å². The number of hydrogen-bond acceptors (Lipinski definition) is 6. The van der Waals surface area contributed by atoms with Crippen molar-refractivity contribution in [3.8, 4) is 0 Å². The van der Waals surface area contributed by atoms with E-state index in [0.29, 0.717) is 17.4 Å². The summed E-state index contributed by atoms with van der Waals surface area (Å²) in [6.45, 7) is 3.79. The van der Waals surface area contributed by atoms with E-state index in [-0.39, 0.29) is 6.54 Å². The standard InChI is InChI=1S/C10H17N3O4S2/c1-10(2,8(14)15)7-6-18-9(13-7)11-4-5-12-19(3,16)17/h6,12H,4-5H2,1-3H3,(H,11,13)(H,14,15). The van der Waals surface area contributed by atoms with Gasteiger partial charge in [0.15, 0.2) is 5.13 Å². The summed E-state index contributed by atoms with van der Waals surface area (Å²) in [4.78, 5) is 15.3. The quantitative estimate of drug-likeness (QED) is 0.632. The van der Waals surface area contributed by atoms with Gasteiger partial charge in [-0.25, -0.2) is 18.1 Å². The lowest BCUT2D eigenvalue weighted by Crippen LogP contribution is -2.29. The summed E-state index contributed by atoms with van der Waals surface area (Å²) in [6.07, 6.45) is 1.09. The van der Waals surface area contributed by atoms with E-state index in [9.17, 15) is 13.2 Å². The first kappa shape index (κ1) is 15.9. The first-order chi connectivity index (χ1) is 8.63. The van der Waals surface area contributed by atoms with E-state index in [1.54, 1.807) is 19.2 Å². The smallest absolute Gasteiger partial charge is 0.315 e. The van der Waals surface area contributed by atoms with Crippen molar-refractivity contribution in [3.05, 3.63) is 11.1 Å². The number of carboxylic acid groups (broad SMARTS) is 1. The van der Waals surface area contributed by atoms with E-state index in [0.717, 1.165) is 6.26 Å². The minimum atomic E-state index is -3.19. The molecule has 0 saturated carbocycles. The summed E-state index contributed by atoms with van der Waals surface area (Å²) in [5.41, 5.74) is -0.565. The van der Waals surface area contributed by atoms with Crippen molar-refractivity contribution >= 4 is 32.5 Å². The molecule has 0 aliphatic heterocycles. The molecule has 0 bridgehead atoms. The highest BCUT2D eigenvalue weighted by Gasteiger charge is 2.32. The fourth-order valence-electron chi connectivity index (χ4n) is 1.16. The number of nitrogens with one attached hydrogen (secondary N) is 2. The summed E-state index contributed by atoms with van der Waals surface area (Å²) in [7, 11) is -3.19. The van der Waals surface area contributed by atoms with Crippen molar-refractivity contribution in [2.75, 3.05) is 24.7 Å². The summed E-state index contributed by atoms with van der Waals surface area (Å²) < 4.78 is 24.0. The summed E-state index contributed by atoms with van der Waals surface area (Å²) in [5.74, 6) is -0.942. The normalized spacial score (nSPS) is 12.4. The molecule has 9 heteroatoms. The number of thiazole rings is 1. The van der Waals surface area contributed by atoms with Crippen LogP contribution < -0.4 is 10.0 Å². The molecule has 1 aromatic rings. The maximum atomic E-state index is 11.1. The van der Waals surface area contributed by atoms with Gasteiger partial charge in [-0.1, -0.05) is 0 Å². The molecule has 1 heterocycles. The first-order valence-electron chi connectivity index (χ1n) is 5.51. The Balaban J connectivity index is 2.55. The van der Waals surface area contributed by atoms with Crippen LogP contribution in [0.25, 0.3) is 0 Å². The van der Waals surface area contributed by atoms with Crippen molar-refractivity contribution in [1.29, 1.82) is 0 Å². The maximum absolute atomic E-state index is 11.1. The lowest BCUT2D eigenvalue weighted by Gasteiger charge is -2.15. The number of aromatic nitrogens is 1.